The molecule has 154 valence electrons. The van der Waals surface area contributed by atoms with Crippen molar-refractivity contribution in [2.24, 2.45) is 0 Å². The minimum absolute atomic E-state index is 0.00820. The molecule has 3 rings (SSSR count). The fraction of sp³-hybridized carbons (Fsp3) is 0.0909. The molecule has 0 saturated heterocycles. The van der Waals surface area contributed by atoms with Crippen LogP contribution in [0, 0.1) is 0 Å². The molecule has 6 nitrogen and oxygen atoms in total. The zero-order valence-electron chi connectivity index (χ0n) is 15.9. The zero-order valence-corrected chi connectivity index (χ0v) is 17.4. The van der Waals surface area contributed by atoms with Crippen molar-refractivity contribution in [2.75, 3.05) is 11.5 Å². The minimum atomic E-state index is -1.13. The molecule has 0 radical (unpaired) electrons. The maximum Gasteiger partial charge on any atom is 0.337 e. The summed E-state index contributed by atoms with van der Waals surface area (Å²) in [5.74, 6) is -1.57. The molecule has 1 amide bonds. The topological polar surface area (TPSA) is 78.9 Å². The molecule has 0 bridgehead atoms. The van der Waals surface area contributed by atoms with Gasteiger partial charge >= 0.3 is 5.97 Å². The van der Waals surface area contributed by atoms with Gasteiger partial charge in [0.15, 0.2) is 6.61 Å². The Bertz CT molecular complexity index is 1050. The summed E-state index contributed by atoms with van der Waals surface area (Å²) in [6, 6.07) is 17.1. The van der Waals surface area contributed by atoms with E-state index >= 15 is 0 Å². The number of thiophene rings is 1. The van der Waals surface area contributed by atoms with Crippen LogP contribution >= 0.6 is 22.9 Å². The first kappa shape index (κ1) is 21.6. The molecule has 1 heterocycles. The van der Waals surface area contributed by atoms with E-state index in [4.69, 9.17) is 16.4 Å². The van der Waals surface area contributed by atoms with Crippen LogP contribution in [-0.2, 0) is 16.2 Å². The van der Waals surface area contributed by atoms with Crippen LogP contribution in [0.3, 0.4) is 0 Å². The summed E-state index contributed by atoms with van der Waals surface area (Å²) in [6.07, 6.45) is 0. The largest absolute Gasteiger partial charge is 0.478 e. The van der Waals surface area contributed by atoms with Gasteiger partial charge in [-0.25, -0.2) is 4.79 Å². The Hall–Kier alpha value is -3.13. The molecule has 0 unspecified atom stereocenters. The first-order chi connectivity index (χ1) is 14.5. The summed E-state index contributed by atoms with van der Waals surface area (Å²) >= 11 is 7.74. The maximum atomic E-state index is 13.0. The fourth-order valence-corrected chi connectivity index (χ4v) is 3.60. The van der Waals surface area contributed by atoms with Crippen molar-refractivity contribution in [2.45, 2.75) is 6.54 Å². The molecule has 0 spiro atoms. The summed E-state index contributed by atoms with van der Waals surface area (Å²) in [5, 5.41) is 11.9. The van der Waals surface area contributed by atoms with Crippen LogP contribution in [0.15, 0.2) is 72.6 Å². The smallest absolute Gasteiger partial charge is 0.337 e. The summed E-state index contributed by atoms with van der Waals surface area (Å²) in [5.41, 5.74) is 4.14. The number of amides is 1. The molecule has 0 saturated carbocycles. The van der Waals surface area contributed by atoms with Gasteiger partial charge < -0.3 is 10.0 Å². The lowest BCUT2D eigenvalue weighted by Gasteiger charge is -2.25. The second-order valence-electron chi connectivity index (χ2n) is 6.24. The van der Waals surface area contributed by atoms with Crippen molar-refractivity contribution in [3.63, 3.8) is 0 Å². The Balaban J connectivity index is 1.80. The summed E-state index contributed by atoms with van der Waals surface area (Å²) in [4.78, 5) is 32.3. The lowest BCUT2D eigenvalue weighted by Crippen LogP contribution is -2.36. The van der Waals surface area contributed by atoms with Crippen LogP contribution < -0.4 is 10.4 Å². The van der Waals surface area contributed by atoms with Crippen LogP contribution in [0.5, 0.6) is 0 Å². The number of carbonyl (C=O) groups excluding carboxylic acids is 1. The number of aromatic carboxylic acids is 1. The zero-order chi connectivity index (χ0) is 21.5. The van der Waals surface area contributed by atoms with Gasteiger partial charge in [0.05, 0.1) is 28.4 Å². The number of halogens is 1. The SMILES string of the molecule is C=C(NOCC(=O)N(Cc1ccccc1Cl)c1ccccc1C(=O)O)c1cccs1. The first-order valence-corrected chi connectivity index (χ1v) is 10.2. The molecule has 2 aromatic carbocycles. The van der Waals surface area contributed by atoms with E-state index in [1.807, 2.05) is 17.5 Å². The van der Waals surface area contributed by atoms with Crippen molar-refractivity contribution in [1.29, 1.82) is 0 Å². The van der Waals surface area contributed by atoms with Gasteiger partial charge in [-0.1, -0.05) is 54.6 Å². The molecular weight excluding hydrogens is 424 g/mol. The Labute approximate surface area is 182 Å². The molecule has 0 aliphatic heterocycles. The molecule has 0 aliphatic carbocycles. The molecule has 0 atom stereocenters. The lowest BCUT2D eigenvalue weighted by molar-refractivity contribution is -0.124. The van der Waals surface area contributed by atoms with Crippen LogP contribution in [0.4, 0.5) is 5.69 Å². The van der Waals surface area contributed by atoms with Crippen molar-refractivity contribution < 1.29 is 19.5 Å². The Morgan fingerprint density at radius 2 is 1.83 bits per heavy atom. The van der Waals surface area contributed by atoms with Gasteiger partial charge in [0.2, 0.25) is 0 Å². The Kier molecular flexibility index (Phi) is 7.24. The van der Waals surface area contributed by atoms with E-state index in [0.717, 1.165) is 4.88 Å². The number of carbonyl (C=O) groups is 2. The number of para-hydroxylation sites is 1. The predicted octanol–water partition coefficient (Wildman–Crippen LogP) is 4.83. The summed E-state index contributed by atoms with van der Waals surface area (Å²) in [6.45, 7) is 3.63. The molecule has 3 aromatic rings. The van der Waals surface area contributed by atoms with Gasteiger partial charge in [0.25, 0.3) is 5.91 Å². The highest BCUT2D eigenvalue weighted by Crippen LogP contribution is 2.25. The second-order valence-corrected chi connectivity index (χ2v) is 7.60. The summed E-state index contributed by atoms with van der Waals surface area (Å²) < 4.78 is 0. The third-order valence-electron chi connectivity index (χ3n) is 4.22. The lowest BCUT2D eigenvalue weighted by atomic mass is 10.1. The maximum absolute atomic E-state index is 13.0. The highest BCUT2D eigenvalue weighted by atomic mass is 35.5. The van der Waals surface area contributed by atoms with Crippen molar-refractivity contribution in [3.8, 4) is 0 Å². The quantitative estimate of drug-likeness (QED) is 0.464. The van der Waals surface area contributed by atoms with Gasteiger partial charge in [-0.3, -0.25) is 15.1 Å². The van der Waals surface area contributed by atoms with E-state index < -0.39 is 11.9 Å². The normalized spacial score (nSPS) is 10.4. The summed E-state index contributed by atoms with van der Waals surface area (Å²) in [7, 11) is 0. The number of carboxylic acid groups (broad SMARTS) is 1. The molecule has 1 aromatic heterocycles. The van der Waals surface area contributed by atoms with Gasteiger partial charge in [0, 0.05) is 5.02 Å². The number of hydrogen-bond donors (Lipinski definition) is 2. The molecule has 0 fully saturated rings. The molecule has 30 heavy (non-hydrogen) atoms. The van der Waals surface area contributed by atoms with E-state index in [2.05, 4.69) is 12.1 Å². The van der Waals surface area contributed by atoms with Crippen molar-refractivity contribution in [3.05, 3.63) is 93.6 Å². The van der Waals surface area contributed by atoms with Crippen LogP contribution in [0.1, 0.15) is 20.8 Å². The number of rotatable bonds is 9. The Morgan fingerprint density at radius 3 is 2.53 bits per heavy atom. The monoisotopic (exact) mass is 442 g/mol. The highest BCUT2D eigenvalue weighted by Gasteiger charge is 2.23. The van der Waals surface area contributed by atoms with Gasteiger partial charge in [-0.15, -0.1) is 11.3 Å². The average Bonchev–Trinajstić information content (AvgIpc) is 3.28. The molecule has 8 heteroatoms. The highest BCUT2D eigenvalue weighted by molar-refractivity contribution is 7.11. The van der Waals surface area contributed by atoms with E-state index in [-0.39, 0.29) is 24.4 Å². The fourth-order valence-electron chi connectivity index (χ4n) is 2.76. The number of hydrogen-bond acceptors (Lipinski definition) is 5. The number of nitrogens with zero attached hydrogens (tertiary/aromatic N) is 1. The van der Waals surface area contributed by atoms with Crippen LogP contribution in [0.2, 0.25) is 5.02 Å². The van der Waals surface area contributed by atoms with E-state index in [1.54, 1.807) is 42.5 Å². The average molecular weight is 443 g/mol. The third-order valence-corrected chi connectivity index (χ3v) is 5.52. The number of hydroxylamine groups is 1. The van der Waals surface area contributed by atoms with Crippen LogP contribution in [-0.4, -0.2) is 23.6 Å². The van der Waals surface area contributed by atoms with Gasteiger partial charge in [-0.2, -0.15) is 0 Å². The van der Waals surface area contributed by atoms with Crippen molar-refractivity contribution >= 4 is 46.2 Å². The van der Waals surface area contributed by atoms with E-state index in [1.165, 1.54) is 22.3 Å². The molecule has 2 N–H and O–H groups in total. The van der Waals surface area contributed by atoms with Gasteiger partial charge in [0.1, 0.15) is 0 Å². The minimum Gasteiger partial charge on any atom is -0.478 e. The number of nitrogens with one attached hydrogen (secondary N) is 1. The van der Waals surface area contributed by atoms with Gasteiger partial charge in [-0.05, 0) is 35.2 Å². The van der Waals surface area contributed by atoms with Crippen LogP contribution in [0.25, 0.3) is 5.70 Å². The predicted molar refractivity (Wildman–Crippen MR) is 118 cm³/mol. The van der Waals surface area contributed by atoms with E-state index in [9.17, 15) is 14.7 Å². The van der Waals surface area contributed by atoms with E-state index in [0.29, 0.717) is 16.3 Å². The standard InChI is InChI=1S/C22H19ClN2O4S/c1-15(20-11-6-12-30-20)24-29-14-21(26)25(13-16-7-2-4-9-18(16)23)19-10-5-3-8-17(19)22(27)28/h2-12,24H,1,13-14H2,(H,27,28). The second kappa shape index (κ2) is 10.1. The van der Waals surface area contributed by atoms with Crippen molar-refractivity contribution in [1.82, 2.24) is 5.48 Å². The number of carboxylic acids is 1. The number of benzene rings is 2. The third kappa shape index (κ3) is 5.27. The first-order valence-electron chi connectivity index (χ1n) is 8.94. The molecular formula is C22H19ClN2O4S. The number of anilines is 1. The molecule has 0 aliphatic rings. The Morgan fingerprint density at radius 1 is 1.10 bits per heavy atom.